The highest BCUT2D eigenvalue weighted by Crippen LogP contribution is 2.15. The van der Waals surface area contributed by atoms with Gasteiger partial charge in [-0.15, -0.1) is 0 Å². The Morgan fingerprint density at radius 2 is 1.95 bits per heavy atom. The first-order chi connectivity index (χ1) is 10.0. The first kappa shape index (κ1) is 17.3. The fourth-order valence-electron chi connectivity index (χ4n) is 1.44. The molecular formula is C14H19ClN2O4. The highest BCUT2D eigenvalue weighted by Gasteiger charge is 2.13. The molecule has 2 amide bonds. The second-order valence-corrected chi connectivity index (χ2v) is 4.77. The fraction of sp³-hybridized carbons (Fsp3) is 0.429. The van der Waals surface area contributed by atoms with Gasteiger partial charge in [0.15, 0.2) is 6.61 Å². The lowest BCUT2D eigenvalue weighted by Gasteiger charge is -2.17. The number of rotatable bonds is 8. The Kier molecular flexibility index (Phi) is 7.56. The van der Waals surface area contributed by atoms with Crippen molar-refractivity contribution >= 4 is 23.4 Å². The number of nitrogens with one attached hydrogen (secondary N) is 1. The molecule has 0 saturated heterocycles. The molecule has 0 atom stereocenters. The number of methoxy groups -OCH3 is 1. The minimum absolute atomic E-state index is 0.0213. The number of carbonyl (C=O) groups is 2. The van der Waals surface area contributed by atoms with Crippen molar-refractivity contribution in [2.24, 2.45) is 0 Å². The van der Waals surface area contributed by atoms with Crippen LogP contribution >= 0.6 is 11.6 Å². The monoisotopic (exact) mass is 314 g/mol. The van der Waals surface area contributed by atoms with Crippen molar-refractivity contribution in [1.82, 2.24) is 10.2 Å². The summed E-state index contributed by atoms with van der Waals surface area (Å²) >= 11 is 5.75. The van der Waals surface area contributed by atoms with Crippen molar-refractivity contribution in [2.45, 2.75) is 0 Å². The van der Waals surface area contributed by atoms with Gasteiger partial charge in [-0.25, -0.2) is 0 Å². The molecule has 0 saturated carbocycles. The molecule has 0 aliphatic heterocycles. The zero-order valence-corrected chi connectivity index (χ0v) is 12.9. The summed E-state index contributed by atoms with van der Waals surface area (Å²) in [7, 11) is 3.10. The first-order valence-corrected chi connectivity index (χ1v) is 6.78. The number of likely N-dealkylation sites (N-methyl/N-ethyl adjacent to an activating group) is 1. The van der Waals surface area contributed by atoms with E-state index in [1.807, 2.05) is 0 Å². The second kappa shape index (κ2) is 9.20. The zero-order chi connectivity index (χ0) is 15.7. The number of hydrogen-bond donors (Lipinski definition) is 1. The zero-order valence-electron chi connectivity index (χ0n) is 12.1. The van der Waals surface area contributed by atoms with E-state index in [0.29, 0.717) is 23.9 Å². The number of nitrogens with zero attached hydrogens (tertiary/aromatic N) is 1. The quantitative estimate of drug-likeness (QED) is 0.725. The average molecular weight is 315 g/mol. The Bertz CT molecular complexity index is 465. The fourth-order valence-corrected chi connectivity index (χ4v) is 1.56. The molecule has 0 radical (unpaired) electrons. The van der Waals surface area contributed by atoms with Gasteiger partial charge in [0.2, 0.25) is 5.91 Å². The molecule has 0 aromatic heterocycles. The summed E-state index contributed by atoms with van der Waals surface area (Å²) in [6.07, 6.45) is 0. The summed E-state index contributed by atoms with van der Waals surface area (Å²) in [6, 6.07) is 6.70. The third-order valence-corrected chi connectivity index (χ3v) is 2.86. The van der Waals surface area contributed by atoms with Gasteiger partial charge in [-0.2, -0.15) is 0 Å². The SMILES string of the molecule is COCCNC(=O)CN(C)C(=O)COc1ccc(Cl)cc1. The van der Waals surface area contributed by atoms with Gasteiger partial charge in [0.25, 0.3) is 5.91 Å². The van der Waals surface area contributed by atoms with Gasteiger partial charge in [0.05, 0.1) is 13.2 Å². The molecule has 0 aliphatic carbocycles. The highest BCUT2D eigenvalue weighted by molar-refractivity contribution is 6.30. The molecule has 0 unspecified atom stereocenters. The number of hydrogen-bond acceptors (Lipinski definition) is 4. The standard InChI is InChI=1S/C14H19ClN2O4/c1-17(9-13(18)16-7-8-20-2)14(19)10-21-12-5-3-11(15)4-6-12/h3-6H,7-10H2,1-2H3,(H,16,18). The summed E-state index contributed by atoms with van der Waals surface area (Å²) in [6.45, 7) is 0.692. The smallest absolute Gasteiger partial charge is 0.260 e. The summed E-state index contributed by atoms with van der Waals surface area (Å²) in [5.74, 6) is 0.0203. The van der Waals surface area contributed by atoms with Crippen molar-refractivity contribution in [3.63, 3.8) is 0 Å². The van der Waals surface area contributed by atoms with Gasteiger partial charge in [-0.1, -0.05) is 11.6 Å². The molecule has 0 spiro atoms. The van der Waals surface area contributed by atoms with E-state index in [4.69, 9.17) is 21.1 Å². The van der Waals surface area contributed by atoms with E-state index in [1.54, 1.807) is 38.4 Å². The minimum Gasteiger partial charge on any atom is -0.484 e. The molecule has 1 rings (SSSR count). The summed E-state index contributed by atoms with van der Waals surface area (Å²) in [5.41, 5.74) is 0. The molecule has 0 fully saturated rings. The van der Waals surface area contributed by atoms with E-state index in [1.165, 1.54) is 4.90 Å². The van der Waals surface area contributed by atoms with Gasteiger partial charge in [-0.05, 0) is 24.3 Å². The van der Waals surface area contributed by atoms with Crippen LogP contribution in [0, 0.1) is 0 Å². The molecule has 1 N–H and O–H groups in total. The molecule has 21 heavy (non-hydrogen) atoms. The Morgan fingerprint density at radius 3 is 2.57 bits per heavy atom. The van der Waals surface area contributed by atoms with E-state index in [2.05, 4.69) is 5.32 Å². The molecule has 0 aliphatic rings. The van der Waals surface area contributed by atoms with E-state index >= 15 is 0 Å². The van der Waals surface area contributed by atoms with Crippen LogP contribution in [0.3, 0.4) is 0 Å². The summed E-state index contributed by atoms with van der Waals surface area (Å²) < 4.78 is 10.1. The van der Waals surface area contributed by atoms with Crippen LogP contribution in [-0.2, 0) is 14.3 Å². The molecule has 116 valence electrons. The Labute approximate surface area is 129 Å². The van der Waals surface area contributed by atoms with Crippen LogP contribution in [0.5, 0.6) is 5.75 Å². The highest BCUT2D eigenvalue weighted by atomic mass is 35.5. The minimum atomic E-state index is -0.285. The van der Waals surface area contributed by atoms with Crippen molar-refractivity contribution in [3.05, 3.63) is 29.3 Å². The predicted molar refractivity (Wildman–Crippen MR) is 79.5 cm³/mol. The number of halogens is 1. The van der Waals surface area contributed by atoms with Gasteiger partial charge >= 0.3 is 0 Å². The maximum atomic E-state index is 11.8. The number of amides is 2. The molecule has 1 aromatic carbocycles. The number of carbonyl (C=O) groups excluding carboxylic acids is 2. The van der Waals surface area contributed by atoms with E-state index in [0.717, 1.165) is 0 Å². The lowest BCUT2D eigenvalue weighted by atomic mass is 10.3. The Balaban J connectivity index is 2.30. The van der Waals surface area contributed by atoms with E-state index in [9.17, 15) is 9.59 Å². The largest absolute Gasteiger partial charge is 0.484 e. The first-order valence-electron chi connectivity index (χ1n) is 6.41. The van der Waals surface area contributed by atoms with Crippen molar-refractivity contribution in [1.29, 1.82) is 0 Å². The maximum Gasteiger partial charge on any atom is 0.260 e. The second-order valence-electron chi connectivity index (χ2n) is 4.34. The number of ether oxygens (including phenoxy) is 2. The van der Waals surface area contributed by atoms with Crippen LogP contribution in [0.2, 0.25) is 5.02 Å². The van der Waals surface area contributed by atoms with Crippen LogP contribution < -0.4 is 10.1 Å². The van der Waals surface area contributed by atoms with Crippen molar-refractivity contribution in [2.75, 3.05) is 40.5 Å². The molecular weight excluding hydrogens is 296 g/mol. The van der Waals surface area contributed by atoms with Crippen LogP contribution in [0.15, 0.2) is 24.3 Å². The van der Waals surface area contributed by atoms with E-state index in [-0.39, 0.29) is 25.0 Å². The van der Waals surface area contributed by atoms with Gasteiger partial charge < -0.3 is 19.7 Å². The third kappa shape index (κ3) is 6.97. The lowest BCUT2D eigenvalue weighted by Crippen LogP contribution is -2.41. The molecule has 6 nitrogen and oxygen atoms in total. The van der Waals surface area contributed by atoms with Crippen LogP contribution in [0.1, 0.15) is 0 Å². The third-order valence-electron chi connectivity index (χ3n) is 2.61. The van der Waals surface area contributed by atoms with Gasteiger partial charge in [0, 0.05) is 25.7 Å². The Morgan fingerprint density at radius 1 is 1.29 bits per heavy atom. The maximum absolute atomic E-state index is 11.8. The van der Waals surface area contributed by atoms with Gasteiger partial charge in [0.1, 0.15) is 5.75 Å². The van der Waals surface area contributed by atoms with Crippen molar-refractivity contribution < 1.29 is 19.1 Å². The summed E-state index contributed by atoms with van der Waals surface area (Å²) in [5, 5.41) is 3.23. The van der Waals surface area contributed by atoms with Crippen LogP contribution in [0.4, 0.5) is 0 Å². The Hall–Kier alpha value is -1.79. The molecule has 0 heterocycles. The van der Waals surface area contributed by atoms with E-state index < -0.39 is 0 Å². The normalized spacial score (nSPS) is 10.0. The molecule has 1 aromatic rings. The summed E-state index contributed by atoms with van der Waals surface area (Å²) in [4.78, 5) is 24.7. The topological polar surface area (TPSA) is 67.9 Å². The van der Waals surface area contributed by atoms with Crippen LogP contribution in [0.25, 0.3) is 0 Å². The lowest BCUT2D eigenvalue weighted by molar-refractivity contribution is -0.136. The van der Waals surface area contributed by atoms with Crippen LogP contribution in [-0.4, -0.2) is 57.2 Å². The molecule has 7 heteroatoms. The van der Waals surface area contributed by atoms with Gasteiger partial charge in [-0.3, -0.25) is 9.59 Å². The van der Waals surface area contributed by atoms with Crippen molar-refractivity contribution in [3.8, 4) is 5.75 Å². The number of benzene rings is 1. The predicted octanol–water partition coefficient (Wildman–Crippen LogP) is 0.940. The average Bonchev–Trinajstić information content (AvgIpc) is 2.46. The molecule has 0 bridgehead atoms.